The van der Waals surface area contributed by atoms with Crippen LogP contribution in [-0.4, -0.2) is 26.3 Å². The number of urea groups is 1. The average Bonchev–Trinajstić information content (AvgIpc) is 2.27. The van der Waals surface area contributed by atoms with Gasteiger partial charge in [0.05, 0.1) is 6.61 Å². The van der Waals surface area contributed by atoms with Crippen LogP contribution in [0, 0.1) is 5.92 Å². The van der Waals surface area contributed by atoms with Gasteiger partial charge >= 0.3 is 6.03 Å². The Bertz CT molecular complexity index is 369. The zero-order chi connectivity index (χ0) is 12.7. The van der Waals surface area contributed by atoms with E-state index >= 15 is 0 Å². The van der Waals surface area contributed by atoms with Crippen molar-refractivity contribution in [1.29, 1.82) is 0 Å². The van der Waals surface area contributed by atoms with E-state index in [0.717, 1.165) is 0 Å². The summed E-state index contributed by atoms with van der Waals surface area (Å²) in [4.78, 5) is 11.5. The number of benzene rings is 1. The lowest BCUT2D eigenvalue weighted by molar-refractivity contribution is 0.159. The predicted molar refractivity (Wildman–Crippen MR) is 68.9 cm³/mol. The van der Waals surface area contributed by atoms with E-state index < -0.39 is 0 Å². The zero-order valence-corrected chi connectivity index (χ0v) is 10.2. The number of methoxy groups -OCH3 is 1. The molecule has 5 nitrogen and oxygen atoms in total. The molecular formula is C12H19N3O2. The maximum Gasteiger partial charge on any atom is 0.319 e. The number of nitrogens with one attached hydrogen (secondary N) is 2. The van der Waals surface area contributed by atoms with Gasteiger partial charge < -0.3 is 21.1 Å². The summed E-state index contributed by atoms with van der Waals surface area (Å²) >= 11 is 0. The molecule has 0 aromatic heterocycles. The maximum absolute atomic E-state index is 11.5. The lowest BCUT2D eigenvalue weighted by Gasteiger charge is -2.12. The van der Waals surface area contributed by atoms with Crippen molar-refractivity contribution in [3.05, 3.63) is 24.3 Å². The standard InChI is InChI=1S/C12H19N3O2/c1-9(8-17-2)7-14-12(16)15-11-5-3-4-10(13)6-11/h3-6,9H,7-8,13H2,1-2H3,(H2,14,15,16). The highest BCUT2D eigenvalue weighted by Gasteiger charge is 2.05. The molecule has 0 saturated heterocycles. The molecule has 1 aromatic rings. The Morgan fingerprint density at radius 2 is 2.29 bits per heavy atom. The highest BCUT2D eigenvalue weighted by atomic mass is 16.5. The molecule has 2 amide bonds. The van der Waals surface area contributed by atoms with Crippen LogP contribution in [0.25, 0.3) is 0 Å². The summed E-state index contributed by atoms with van der Waals surface area (Å²) in [6.07, 6.45) is 0. The fraction of sp³-hybridized carbons (Fsp3) is 0.417. The fourth-order valence-corrected chi connectivity index (χ4v) is 1.40. The monoisotopic (exact) mass is 237 g/mol. The van der Waals surface area contributed by atoms with Crippen molar-refractivity contribution in [3.63, 3.8) is 0 Å². The highest BCUT2D eigenvalue weighted by molar-refractivity contribution is 5.89. The van der Waals surface area contributed by atoms with Crippen molar-refractivity contribution in [2.45, 2.75) is 6.92 Å². The Balaban J connectivity index is 2.34. The molecule has 1 aromatic carbocycles. The quantitative estimate of drug-likeness (QED) is 0.682. The van der Waals surface area contributed by atoms with E-state index in [1.807, 2.05) is 6.92 Å². The summed E-state index contributed by atoms with van der Waals surface area (Å²) in [6.45, 7) is 3.20. The van der Waals surface area contributed by atoms with Crippen LogP contribution >= 0.6 is 0 Å². The maximum atomic E-state index is 11.5. The van der Waals surface area contributed by atoms with Crippen LogP contribution in [0.5, 0.6) is 0 Å². The smallest absolute Gasteiger partial charge is 0.319 e. The number of amides is 2. The molecule has 5 heteroatoms. The molecule has 1 rings (SSSR count). The molecule has 0 heterocycles. The third-order valence-corrected chi connectivity index (χ3v) is 2.21. The van der Waals surface area contributed by atoms with Gasteiger partial charge in [-0.1, -0.05) is 13.0 Å². The van der Waals surface area contributed by atoms with E-state index in [1.54, 1.807) is 31.4 Å². The van der Waals surface area contributed by atoms with Gasteiger partial charge in [0.25, 0.3) is 0 Å². The Labute approximate surface area is 101 Å². The number of hydrogen-bond acceptors (Lipinski definition) is 3. The summed E-state index contributed by atoms with van der Waals surface area (Å²) < 4.78 is 4.98. The molecule has 0 radical (unpaired) electrons. The van der Waals surface area contributed by atoms with Gasteiger partial charge in [-0.15, -0.1) is 0 Å². The second-order valence-electron chi connectivity index (χ2n) is 4.02. The minimum Gasteiger partial charge on any atom is -0.399 e. The van der Waals surface area contributed by atoms with Gasteiger partial charge in [-0.05, 0) is 24.1 Å². The van der Waals surface area contributed by atoms with Crippen molar-refractivity contribution >= 4 is 17.4 Å². The fourth-order valence-electron chi connectivity index (χ4n) is 1.40. The third kappa shape index (κ3) is 5.21. The van der Waals surface area contributed by atoms with E-state index in [4.69, 9.17) is 10.5 Å². The number of nitrogen functional groups attached to an aromatic ring is 1. The third-order valence-electron chi connectivity index (χ3n) is 2.21. The molecule has 0 saturated carbocycles. The van der Waals surface area contributed by atoms with Crippen molar-refractivity contribution in [1.82, 2.24) is 5.32 Å². The molecule has 0 aliphatic rings. The van der Waals surface area contributed by atoms with Gasteiger partial charge in [0.15, 0.2) is 0 Å². The summed E-state index contributed by atoms with van der Waals surface area (Å²) in [6, 6.07) is 6.81. The topological polar surface area (TPSA) is 76.4 Å². The molecule has 17 heavy (non-hydrogen) atoms. The first kappa shape index (κ1) is 13.3. The number of carbonyl (C=O) groups is 1. The SMILES string of the molecule is COCC(C)CNC(=O)Nc1cccc(N)c1. The van der Waals surface area contributed by atoms with Crippen LogP contribution in [0.4, 0.5) is 16.2 Å². The summed E-state index contributed by atoms with van der Waals surface area (Å²) in [5, 5.41) is 5.47. The first-order valence-electron chi connectivity index (χ1n) is 5.51. The van der Waals surface area contributed by atoms with E-state index in [9.17, 15) is 4.79 Å². The van der Waals surface area contributed by atoms with Gasteiger partial charge in [0, 0.05) is 25.0 Å². The molecule has 94 valence electrons. The first-order valence-corrected chi connectivity index (χ1v) is 5.51. The number of nitrogens with two attached hydrogens (primary N) is 1. The first-order chi connectivity index (χ1) is 8.11. The van der Waals surface area contributed by atoms with Crippen molar-refractivity contribution in [2.75, 3.05) is 31.3 Å². The van der Waals surface area contributed by atoms with Gasteiger partial charge in [-0.25, -0.2) is 4.79 Å². The lowest BCUT2D eigenvalue weighted by Crippen LogP contribution is -2.33. The van der Waals surface area contributed by atoms with Gasteiger partial charge in [0.1, 0.15) is 0 Å². The van der Waals surface area contributed by atoms with Crippen molar-refractivity contribution in [2.24, 2.45) is 5.92 Å². The normalized spacial score (nSPS) is 11.9. The Morgan fingerprint density at radius 1 is 1.53 bits per heavy atom. The molecule has 0 fully saturated rings. The highest BCUT2D eigenvalue weighted by Crippen LogP contribution is 2.11. The molecule has 0 bridgehead atoms. The zero-order valence-electron chi connectivity index (χ0n) is 10.2. The van der Waals surface area contributed by atoms with Crippen LogP contribution in [0.2, 0.25) is 0 Å². The molecule has 4 N–H and O–H groups in total. The van der Waals surface area contributed by atoms with Crippen LogP contribution in [0.3, 0.4) is 0 Å². The number of carbonyl (C=O) groups excluding carboxylic acids is 1. The Kier molecular flexibility index (Phi) is 5.29. The molecule has 0 aliphatic heterocycles. The molecule has 0 aliphatic carbocycles. The van der Waals surface area contributed by atoms with Gasteiger partial charge in [0.2, 0.25) is 0 Å². The van der Waals surface area contributed by atoms with Gasteiger partial charge in [-0.2, -0.15) is 0 Å². The largest absolute Gasteiger partial charge is 0.399 e. The predicted octanol–water partition coefficient (Wildman–Crippen LogP) is 1.67. The summed E-state index contributed by atoms with van der Waals surface area (Å²) in [7, 11) is 1.64. The molecule has 1 unspecified atom stereocenters. The molecule has 0 spiro atoms. The van der Waals surface area contributed by atoms with E-state index in [1.165, 1.54) is 0 Å². The van der Waals surface area contributed by atoms with Crippen molar-refractivity contribution < 1.29 is 9.53 Å². The number of hydrogen-bond donors (Lipinski definition) is 3. The molecule has 1 atom stereocenters. The van der Waals surface area contributed by atoms with Crippen molar-refractivity contribution in [3.8, 4) is 0 Å². The van der Waals surface area contributed by atoms with E-state index in [0.29, 0.717) is 24.5 Å². The average molecular weight is 237 g/mol. The lowest BCUT2D eigenvalue weighted by atomic mass is 10.2. The molecular weight excluding hydrogens is 218 g/mol. The van der Waals surface area contributed by atoms with E-state index in [2.05, 4.69) is 10.6 Å². The second-order valence-corrected chi connectivity index (χ2v) is 4.02. The minimum absolute atomic E-state index is 0.237. The van der Waals surface area contributed by atoms with E-state index in [-0.39, 0.29) is 11.9 Å². The van der Waals surface area contributed by atoms with Crippen LogP contribution in [0.15, 0.2) is 24.3 Å². The van der Waals surface area contributed by atoms with Crippen LogP contribution in [0.1, 0.15) is 6.92 Å². The Morgan fingerprint density at radius 3 is 2.94 bits per heavy atom. The number of rotatable bonds is 5. The number of anilines is 2. The second kappa shape index (κ2) is 6.75. The minimum atomic E-state index is -0.237. The summed E-state index contributed by atoms with van der Waals surface area (Å²) in [5.41, 5.74) is 6.91. The van der Waals surface area contributed by atoms with Crippen LogP contribution in [-0.2, 0) is 4.74 Å². The summed E-state index contributed by atoms with van der Waals surface area (Å²) in [5.74, 6) is 0.284. The van der Waals surface area contributed by atoms with Crippen LogP contribution < -0.4 is 16.4 Å². The Hall–Kier alpha value is -1.75. The van der Waals surface area contributed by atoms with Gasteiger partial charge in [-0.3, -0.25) is 0 Å². The number of ether oxygens (including phenoxy) is 1.